The summed E-state index contributed by atoms with van der Waals surface area (Å²) in [4.78, 5) is 12.4. The van der Waals surface area contributed by atoms with E-state index in [-0.39, 0.29) is 5.78 Å². The molecule has 0 unspecified atom stereocenters. The van der Waals surface area contributed by atoms with Crippen LogP contribution in [0.2, 0.25) is 0 Å². The van der Waals surface area contributed by atoms with Crippen LogP contribution in [0, 0.1) is 13.8 Å². The second-order valence-corrected chi connectivity index (χ2v) is 5.35. The standard InChI is InChI=1S/C19H16O3/c1-12-10-14(11-13(2)18(12)21)6-7-17(20)16-5-3-4-15-8-9-22-19(15)16/h3-11,21H,1-2H3/b7-6+. The van der Waals surface area contributed by atoms with Crippen molar-refractivity contribution in [2.45, 2.75) is 13.8 Å². The Balaban J connectivity index is 1.93. The lowest BCUT2D eigenvalue weighted by molar-refractivity contribution is 0.104. The summed E-state index contributed by atoms with van der Waals surface area (Å²) in [7, 11) is 0. The third-order valence-corrected chi connectivity index (χ3v) is 3.68. The van der Waals surface area contributed by atoms with E-state index in [0.29, 0.717) is 16.9 Å². The molecule has 0 saturated carbocycles. The van der Waals surface area contributed by atoms with Crippen molar-refractivity contribution in [2.75, 3.05) is 0 Å². The molecule has 3 rings (SSSR count). The molecule has 0 aliphatic heterocycles. The van der Waals surface area contributed by atoms with Gasteiger partial charge in [-0.3, -0.25) is 4.79 Å². The number of furan rings is 1. The molecule has 1 N–H and O–H groups in total. The second-order valence-electron chi connectivity index (χ2n) is 5.35. The number of ketones is 1. The lowest BCUT2D eigenvalue weighted by atomic mass is 10.0. The Hall–Kier alpha value is -2.81. The molecule has 0 aliphatic rings. The van der Waals surface area contributed by atoms with Crippen molar-refractivity contribution in [3.05, 3.63) is 71.0 Å². The van der Waals surface area contributed by atoms with Crippen LogP contribution in [0.5, 0.6) is 5.75 Å². The molecule has 3 nitrogen and oxygen atoms in total. The quantitative estimate of drug-likeness (QED) is 0.564. The topological polar surface area (TPSA) is 50.4 Å². The van der Waals surface area contributed by atoms with E-state index in [1.165, 1.54) is 6.08 Å². The number of phenols is 1. The van der Waals surface area contributed by atoms with E-state index < -0.39 is 0 Å². The molecule has 3 heteroatoms. The molecule has 0 bridgehead atoms. The van der Waals surface area contributed by atoms with E-state index in [9.17, 15) is 9.90 Å². The fourth-order valence-corrected chi connectivity index (χ4v) is 2.53. The van der Waals surface area contributed by atoms with Gasteiger partial charge in [-0.25, -0.2) is 0 Å². The summed E-state index contributed by atoms with van der Waals surface area (Å²) >= 11 is 0. The van der Waals surface area contributed by atoms with E-state index in [1.54, 1.807) is 18.4 Å². The molecule has 0 aliphatic carbocycles. The number of carbonyl (C=O) groups excluding carboxylic acids is 1. The molecule has 0 radical (unpaired) electrons. The van der Waals surface area contributed by atoms with Gasteiger partial charge in [0.2, 0.25) is 0 Å². The average Bonchev–Trinajstić information content (AvgIpc) is 2.98. The summed E-state index contributed by atoms with van der Waals surface area (Å²) in [6.07, 6.45) is 4.87. The number of aromatic hydroxyl groups is 1. The number of fused-ring (bicyclic) bond motifs is 1. The maximum atomic E-state index is 12.4. The molecule has 0 saturated heterocycles. The van der Waals surface area contributed by atoms with Gasteiger partial charge in [-0.05, 0) is 60.9 Å². The third kappa shape index (κ3) is 2.53. The normalized spacial score (nSPS) is 11.4. The number of allylic oxidation sites excluding steroid dienone is 1. The summed E-state index contributed by atoms with van der Waals surface area (Å²) in [5, 5.41) is 10.7. The van der Waals surface area contributed by atoms with Crippen LogP contribution in [-0.4, -0.2) is 10.9 Å². The van der Waals surface area contributed by atoms with Crippen LogP contribution in [0.4, 0.5) is 0 Å². The smallest absolute Gasteiger partial charge is 0.189 e. The van der Waals surface area contributed by atoms with Gasteiger partial charge in [0.15, 0.2) is 5.78 Å². The highest BCUT2D eigenvalue weighted by Crippen LogP contribution is 2.24. The highest BCUT2D eigenvalue weighted by atomic mass is 16.3. The summed E-state index contributed by atoms with van der Waals surface area (Å²) in [6.45, 7) is 3.68. The first-order valence-electron chi connectivity index (χ1n) is 7.05. The molecule has 3 aromatic rings. The summed E-state index contributed by atoms with van der Waals surface area (Å²) in [6, 6.07) is 11.0. The highest BCUT2D eigenvalue weighted by Gasteiger charge is 2.09. The van der Waals surface area contributed by atoms with Crippen molar-refractivity contribution < 1.29 is 14.3 Å². The summed E-state index contributed by atoms with van der Waals surface area (Å²) in [5.74, 6) is 0.188. The summed E-state index contributed by atoms with van der Waals surface area (Å²) in [5.41, 5.74) is 3.62. The van der Waals surface area contributed by atoms with Gasteiger partial charge in [0.25, 0.3) is 0 Å². The SMILES string of the molecule is Cc1cc(/C=C/C(=O)c2cccc3ccoc23)cc(C)c1O. The lowest BCUT2D eigenvalue weighted by Crippen LogP contribution is -1.94. The minimum Gasteiger partial charge on any atom is -0.507 e. The van der Waals surface area contributed by atoms with Crippen molar-refractivity contribution in [2.24, 2.45) is 0 Å². The lowest BCUT2D eigenvalue weighted by Gasteiger charge is -2.04. The fourth-order valence-electron chi connectivity index (χ4n) is 2.53. The Kier molecular flexibility index (Phi) is 3.55. The second kappa shape index (κ2) is 5.53. The molecule has 22 heavy (non-hydrogen) atoms. The van der Waals surface area contributed by atoms with Crippen molar-refractivity contribution in [1.82, 2.24) is 0 Å². The maximum absolute atomic E-state index is 12.4. The molecule has 0 fully saturated rings. The molecule has 1 aromatic heterocycles. The molecule has 0 spiro atoms. The van der Waals surface area contributed by atoms with Crippen LogP contribution in [-0.2, 0) is 0 Å². The molecule has 110 valence electrons. The van der Waals surface area contributed by atoms with Crippen molar-refractivity contribution in [1.29, 1.82) is 0 Å². The minimum atomic E-state index is -0.107. The van der Waals surface area contributed by atoms with Gasteiger partial charge in [-0.15, -0.1) is 0 Å². The first kappa shape index (κ1) is 14.1. The number of hydrogen-bond donors (Lipinski definition) is 1. The van der Waals surface area contributed by atoms with Gasteiger partial charge < -0.3 is 9.52 Å². The van der Waals surface area contributed by atoms with Gasteiger partial charge in [0.05, 0.1) is 11.8 Å². The molecule has 1 heterocycles. The number of rotatable bonds is 3. The van der Waals surface area contributed by atoms with Crippen LogP contribution < -0.4 is 0 Å². The molecule has 0 amide bonds. The Bertz CT molecular complexity index is 862. The average molecular weight is 292 g/mol. The van der Waals surface area contributed by atoms with E-state index in [2.05, 4.69) is 0 Å². The number of para-hydroxylation sites is 1. The largest absolute Gasteiger partial charge is 0.507 e. The Morgan fingerprint density at radius 3 is 2.59 bits per heavy atom. The van der Waals surface area contributed by atoms with E-state index in [0.717, 1.165) is 22.1 Å². The van der Waals surface area contributed by atoms with Crippen LogP contribution in [0.1, 0.15) is 27.0 Å². The number of hydrogen-bond acceptors (Lipinski definition) is 3. The Morgan fingerprint density at radius 1 is 1.14 bits per heavy atom. The zero-order chi connectivity index (χ0) is 15.7. The van der Waals surface area contributed by atoms with Crippen molar-refractivity contribution in [3.8, 4) is 5.75 Å². The third-order valence-electron chi connectivity index (χ3n) is 3.68. The minimum absolute atomic E-state index is 0.107. The van der Waals surface area contributed by atoms with E-state index >= 15 is 0 Å². The number of phenolic OH excluding ortho intramolecular Hbond substituents is 1. The first-order valence-corrected chi connectivity index (χ1v) is 7.05. The van der Waals surface area contributed by atoms with E-state index in [4.69, 9.17) is 4.42 Å². The zero-order valence-electron chi connectivity index (χ0n) is 12.5. The number of aryl methyl sites for hydroxylation is 2. The molecule has 0 atom stereocenters. The Labute approximate surface area is 128 Å². The number of carbonyl (C=O) groups is 1. The van der Waals surface area contributed by atoms with Crippen molar-refractivity contribution >= 4 is 22.8 Å². The van der Waals surface area contributed by atoms with Crippen LogP contribution >= 0.6 is 0 Å². The molecular weight excluding hydrogens is 276 g/mol. The van der Waals surface area contributed by atoms with Crippen LogP contribution in [0.15, 0.2) is 53.2 Å². The monoisotopic (exact) mass is 292 g/mol. The van der Waals surface area contributed by atoms with Crippen LogP contribution in [0.25, 0.3) is 17.0 Å². The van der Waals surface area contributed by atoms with Gasteiger partial charge in [0, 0.05) is 5.39 Å². The van der Waals surface area contributed by atoms with Gasteiger partial charge in [-0.2, -0.15) is 0 Å². The molecule has 2 aromatic carbocycles. The highest BCUT2D eigenvalue weighted by molar-refractivity contribution is 6.13. The van der Waals surface area contributed by atoms with Gasteiger partial charge in [-0.1, -0.05) is 18.2 Å². The van der Waals surface area contributed by atoms with Crippen molar-refractivity contribution in [3.63, 3.8) is 0 Å². The number of benzene rings is 2. The summed E-state index contributed by atoms with van der Waals surface area (Å²) < 4.78 is 5.39. The van der Waals surface area contributed by atoms with E-state index in [1.807, 2.05) is 44.2 Å². The van der Waals surface area contributed by atoms with Gasteiger partial charge >= 0.3 is 0 Å². The maximum Gasteiger partial charge on any atom is 0.189 e. The van der Waals surface area contributed by atoms with Crippen LogP contribution in [0.3, 0.4) is 0 Å². The fraction of sp³-hybridized carbons (Fsp3) is 0.105. The Morgan fingerprint density at radius 2 is 1.86 bits per heavy atom. The first-order chi connectivity index (χ1) is 10.6. The predicted molar refractivity (Wildman–Crippen MR) is 87.2 cm³/mol. The zero-order valence-corrected chi connectivity index (χ0v) is 12.5. The van der Waals surface area contributed by atoms with Gasteiger partial charge in [0.1, 0.15) is 11.3 Å². The molecular formula is C19H16O3. The predicted octanol–water partition coefficient (Wildman–Crippen LogP) is 4.65.